The fraction of sp³-hybridized carbons (Fsp3) is 0.571. The molecule has 1 aromatic heterocycles. The molecule has 0 saturated heterocycles. The number of nitrogens with one attached hydrogen (secondary N) is 2. The van der Waals surface area contributed by atoms with E-state index in [1.807, 2.05) is 6.92 Å². The second kappa shape index (κ2) is 4.45. The molecule has 0 saturated carbocycles. The van der Waals surface area contributed by atoms with Crippen molar-refractivity contribution in [3.8, 4) is 0 Å². The molecular weight excluding hydrogens is 190 g/mol. The molecule has 7 heteroatoms. The highest BCUT2D eigenvalue weighted by molar-refractivity contribution is 5.64. The molecule has 0 fully saturated rings. The lowest BCUT2D eigenvalue weighted by Gasteiger charge is -2.11. The lowest BCUT2D eigenvalue weighted by Crippen LogP contribution is -2.35. The molecule has 0 aliphatic carbocycles. The number of rotatable bonds is 4. The Morgan fingerprint density at radius 2 is 2.50 bits per heavy atom. The van der Waals surface area contributed by atoms with Gasteiger partial charge in [-0.3, -0.25) is 9.51 Å². The molecule has 1 heterocycles. The molecule has 1 rings (SSSR count). The van der Waals surface area contributed by atoms with E-state index in [0.29, 0.717) is 18.7 Å². The van der Waals surface area contributed by atoms with Gasteiger partial charge >= 0.3 is 11.8 Å². The first-order valence-corrected chi connectivity index (χ1v) is 4.16. The first-order chi connectivity index (χ1) is 6.61. The van der Waals surface area contributed by atoms with Crippen molar-refractivity contribution in [1.29, 1.82) is 0 Å². The molecule has 1 amide bonds. The number of aromatic nitrogens is 2. The Bertz CT molecular complexity index is 356. The molecule has 0 unspecified atom stereocenters. The number of hydrogen-bond donors (Lipinski definition) is 3. The van der Waals surface area contributed by atoms with E-state index < -0.39 is 11.8 Å². The maximum absolute atomic E-state index is 10.6. The van der Waals surface area contributed by atoms with E-state index in [0.717, 1.165) is 0 Å². The SMILES string of the molecule is CC[C@@H](Cc1noc(=O)[nH]1)NC(=O)O. The van der Waals surface area contributed by atoms with Gasteiger partial charge in [0.15, 0.2) is 5.82 Å². The third-order valence-corrected chi connectivity index (χ3v) is 1.75. The molecule has 0 bridgehead atoms. The summed E-state index contributed by atoms with van der Waals surface area (Å²) in [4.78, 5) is 23.2. The van der Waals surface area contributed by atoms with Gasteiger partial charge in [-0.2, -0.15) is 0 Å². The van der Waals surface area contributed by atoms with Crippen LogP contribution in [0.3, 0.4) is 0 Å². The summed E-state index contributed by atoms with van der Waals surface area (Å²) in [5, 5.41) is 14.2. The highest BCUT2D eigenvalue weighted by Gasteiger charge is 2.12. The van der Waals surface area contributed by atoms with E-state index in [1.165, 1.54) is 0 Å². The topological polar surface area (TPSA) is 108 Å². The number of carbonyl (C=O) groups is 1. The zero-order valence-corrected chi connectivity index (χ0v) is 7.61. The lowest BCUT2D eigenvalue weighted by molar-refractivity contribution is 0.189. The summed E-state index contributed by atoms with van der Waals surface area (Å²) in [6.45, 7) is 1.83. The summed E-state index contributed by atoms with van der Waals surface area (Å²) in [5.41, 5.74) is 0. The Balaban J connectivity index is 2.56. The standard InChI is InChI=1S/C7H11N3O4/c1-2-4(8-6(11)12)3-5-9-7(13)14-10-5/h4,8H,2-3H2,1H3,(H,11,12)(H,9,10,13)/t4-/m0/s1. The van der Waals surface area contributed by atoms with Crippen molar-refractivity contribution in [1.82, 2.24) is 15.5 Å². The molecule has 3 N–H and O–H groups in total. The molecule has 0 aromatic carbocycles. The van der Waals surface area contributed by atoms with E-state index >= 15 is 0 Å². The van der Waals surface area contributed by atoms with Gasteiger partial charge in [0.1, 0.15) is 0 Å². The van der Waals surface area contributed by atoms with Crippen LogP contribution in [0.2, 0.25) is 0 Å². The summed E-state index contributed by atoms with van der Waals surface area (Å²) in [6, 6.07) is -0.270. The fourth-order valence-corrected chi connectivity index (χ4v) is 1.05. The third-order valence-electron chi connectivity index (χ3n) is 1.75. The van der Waals surface area contributed by atoms with Crippen LogP contribution in [0.25, 0.3) is 0 Å². The van der Waals surface area contributed by atoms with Crippen LogP contribution in [0.4, 0.5) is 4.79 Å². The largest absolute Gasteiger partial charge is 0.465 e. The molecule has 0 aliphatic heterocycles. The maximum atomic E-state index is 10.6. The minimum atomic E-state index is -1.09. The minimum Gasteiger partial charge on any atom is -0.465 e. The molecule has 1 atom stereocenters. The van der Waals surface area contributed by atoms with E-state index in [4.69, 9.17) is 5.11 Å². The highest BCUT2D eigenvalue weighted by Crippen LogP contribution is 1.98. The van der Waals surface area contributed by atoms with Gasteiger partial charge in [0.05, 0.1) is 0 Å². The first kappa shape index (κ1) is 10.3. The normalized spacial score (nSPS) is 12.4. The fourth-order valence-electron chi connectivity index (χ4n) is 1.05. The predicted octanol–water partition coefficient (Wildman–Crippen LogP) is -0.0484. The van der Waals surface area contributed by atoms with Gasteiger partial charge in [0, 0.05) is 12.5 Å². The summed E-state index contributed by atoms with van der Waals surface area (Å²) < 4.78 is 4.28. The third kappa shape index (κ3) is 2.92. The van der Waals surface area contributed by atoms with Gasteiger partial charge in [-0.25, -0.2) is 9.59 Å². The Kier molecular flexibility index (Phi) is 3.27. The van der Waals surface area contributed by atoms with Crippen molar-refractivity contribution in [3.05, 3.63) is 16.4 Å². The number of H-pyrrole nitrogens is 1. The minimum absolute atomic E-state index is 0.270. The zero-order chi connectivity index (χ0) is 10.6. The number of amides is 1. The van der Waals surface area contributed by atoms with Crippen molar-refractivity contribution in [2.24, 2.45) is 0 Å². The zero-order valence-electron chi connectivity index (χ0n) is 7.61. The van der Waals surface area contributed by atoms with Crippen LogP contribution in [0.15, 0.2) is 9.32 Å². The van der Waals surface area contributed by atoms with Crippen LogP contribution in [-0.2, 0) is 6.42 Å². The van der Waals surface area contributed by atoms with Gasteiger partial charge < -0.3 is 10.4 Å². The predicted molar refractivity (Wildman–Crippen MR) is 46.1 cm³/mol. The average molecular weight is 201 g/mol. The van der Waals surface area contributed by atoms with Crippen LogP contribution in [-0.4, -0.2) is 27.4 Å². The second-order valence-corrected chi connectivity index (χ2v) is 2.80. The Morgan fingerprint density at radius 1 is 1.79 bits per heavy atom. The van der Waals surface area contributed by atoms with Gasteiger partial charge in [0.2, 0.25) is 0 Å². The summed E-state index contributed by atoms with van der Waals surface area (Å²) >= 11 is 0. The van der Waals surface area contributed by atoms with Crippen molar-refractivity contribution >= 4 is 6.09 Å². The molecular formula is C7H11N3O4. The van der Waals surface area contributed by atoms with Crippen molar-refractivity contribution in [3.63, 3.8) is 0 Å². The molecule has 78 valence electrons. The number of nitrogens with zero attached hydrogens (tertiary/aromatic N) is 1. The molecule has 0 aliphatic rings. The highest BCUT2D eigenvalue weighted by atomic mass is 16.5. The number of aromatic amines is 1. The molecule has 7 nitrogen and oxygen atoms in total. The quantitative estimate of drug-likeness (QED) is 0.633. The molecule has 14 heavy (non-hydrogen) atoms. The van der Waals surface area contributed by atoms with Crippen molar-refractivity contribution in [2.45, 2.75) is 25.8 Å². The lowest BCUT2D eigenvalue weighted by atomic mass is 10.1. The van der Waals surface area contributed by atoms with Crippen LogP contribution in [0.1, 0.15) is 19.2 Å². The first-order valence-electron chi connectivity index (χ1n) is 4.16. The smallest absolute Gasteiger partial charge is 0.438 e. The van der Waals surface area contributed by atoms with E-state index in [-0.39, 0.29) is 6.04 Å². The van der Waals surface area contributed by atoms with E-state index in [1.54, 1.807) is 0 Å². The van der Waals surface area contributed by atoms with E-state index in [9.17, 15) is 9.59 Å². The van der Waals surface area contributed by atoms with Crippen LogP contribution < -0.4 is 11.1 Å². The van der Waals surface area contributed by atoms with Crippen molar-refractivity contribution < 1.29 is 14.4 Å². The Labute approximate surface area is 79.1 Å². The maximum Gasteiger partial charge on any atom is 0.438 e. The number of carboxylic acid groups (broad SMARTS) is 1. The van der Waals surface area contributed by atoms with Crippen LogP contribution in [0, 0.1) is 0 Å². The summed E-state index contributed by atoms with van der Waals surface area (Å²) in [5.74, 6) is -0.291. The second-order valence-electron chi connectivity index (χ2n) is 2.80. The van der Waals surface area contributed by atoms with Crippen molar-refractivity contribution in [2.75, 3.05) is 0 Å². The molecule has 1 aromatic rings. The van der Waals surface area contributed by atoms with Gasteiger partial charge in [0.25, 0.3) is 0 Å². The number of hydrogen-bond acceptors (Lipinski definition) is 4. The van der Waals surface area contributed by atoms with Crippen LogP contribution >= 0.6 is 0 Å². The van der Waals surface area contributed by atoms with Gasteiger partial charge in [-0.1, -0.05) is 12.1 Å². The Morgan fingerprint density at radius 3 is 2.93 bits per heavy atom. The van der Waals surface area contributed by atoms with Crippen LogP contribution in [0.5, 0.6) is 0 Å². The molecule has 0 spiro atoms. The van der Waals surface area contributed by atoms with Gasteiger partial charge in [-0.15, -0.1) is 0 Å². The average Bonchev–Trinajstić information content (AvgIpc) is 2.49. The molecule has 0 radical (unpaired) electrons. The monoisotopic (exact) mass is 201 g/mol. The summed E-state index contributed by atoms with van der Waals surface area (Å²) in [6.07, 6.45) is -0.168. The van der Waals surface area contributed by atoms with Gasteiger partial charge in [-0.05, 0) is 6.42 Å². The summed E-state index contributed by atoms with van der Waals surface area (Å²) in [7, 11) is 0. The Hall–Kier alpha value is -1.79. The van der Waals surface area contributed by atoms with E-state index in [2.05, 4.69) is 20.0 Å².